The summed E-state index contributed by atoms with van der Waals surface area (Å²) < 4.78 is 19.8. The van der Waals surface area contributed by atoms with E-state index in [-0.39, 0.29) is 18.3 Å². The van der Waals surface area contributed by atoms with Gasteiger partial charge in [-0.3, -0.25) is 9.69 Å². The lowest BCUT2D eigenvalue weighted by atomic mass is 10.0. The summed E-state index contributed by atoms with van der Waals surface area (Å²) in [4.78, 5) is 17.1. The first kappa shape index (κ1) is 24.7. The second kappa shape index (κ2) is 11.4. The summed E-state index contributed by atoms with van der Waals surface area (Å²) >= 11 is 0. The van der Waals surface area contributed by atoms with Crippen LogP contribution in [0.25, 0.3) is 0 Å². The molecule has 1 fully saturated rings. The van der Waals surface area contributed by atoms with Gasteiger partial charge in [0.1, 0.15) is 11.6 Å². The fourth-order valence-corrected chi connectivity index (χ4v) is 4.37. The average molecular weight is 476 g/mol. The van der Waals surface area contributed by atoms with Crippen LogP contribution in [0, 0.1) is 12.7 Å². The number of halogens is 1. The van der Waals surface area contributed by atoms with Crippen molar-refractivity contribution < 1.29 is 13.9 Å². The molecule has 4 rings (SSSR count). The predicted octanol–water partition coefficient (Wildman–Crippen LogP) is 5.60. The van der Waals surface area contributed by atoms with E-state index in [0.717, 1.165) is 60.0 Å². The van der Waals surface area contributed by atoms with Crippen LogP contribution in [0.4, 0.5) is 15.8 Å². The van der Waals surface area contributed by atoms with E-state index in [1.807, 2.05) is 49.4 Å². The fraction of sp³-hybridized carbons (Fsp3) is 0.345. The summed E-state index contributed by atoms with van der Waals surface area (Å²) in [6.07, 6.45) is 0. The van der Waals surface area contributed by atoms with Crippen molar-refractivity contribution in [3.05, 3.63) is 89.2 Å². The zero-order valence-electron chi connectivity index (χ0n) is 20.8. The SMILES string of the molecule is Cc1ccc(C(C)C)c(OCC(=O)Nc2ccc(N3CCN(Cc4ccccc4F)CC3)cc2)c1. The molecule has 3 aromatic carbocycles. The maximum Gasteiger partial charge on any atom is 0.262 e. The van der Waals surface area contributed by atoms with Crippen molar-refractivity contribution in [3.63, 3.8) is 0 Å². The Morgan fingerprint density at radius 3 is 2.40 bits per heavy atom. The number of ether oxygens (including phenoxy) is 1. The minimum absolute atomic E-state index is 0.0328. The van der Waals surface area contributed by atoms with E-state index in [0.29, 0.717) is 12.5 Å². The second-order valence-corrected chi connectivity index (χ2v) is 9.43. The quantitative estimate of drug-likeness (QED) is 0.461. The zero-order chi connectivity index (χ0) is 24.8. The number of anilines is 2. The van der Waals surface area contributed by atoms with Gasteiger partial charge >= 0.3 is 0 Å². The van der Waals surface area contributed by atoms with Crippen molar-refractivity contribution in [2.75, 3.05) is 43.0 Å². The van der Waals surface area contributed by atoms with Crippen LogP contribution >= 0.6 is 0 Å². The Labute approximate surface area is 207 Å². The van der Waals surface area contributed by atoms with E-state index in [4.69, 9.17) is 4.74 Å². The van der Waals surface area contributed by atoms with Crippen LogP contribution in [0.3, 0.4) is 0 Å². The third-order valence-corrected chi connectivity index (χ3v) is 6.39. The van der Waals surface area contributed by atoms with Gasteiger partial charge < -0.3 is 15.0 Å². The van der Waals surface area contributed by atoms with Gasteiger partial charge in [-0.25, -0.2) is 4.39 Å². The molecule has 1 amide bonds. The molecule has 184 valence electrons. The molecule has 3 aromatic rings. The molecule has 6 heteroatoms. The number of rotatable bonds is 8. The summed E-state index contributed by atoms with van der Waals surface area (Å²) in [7, 11) is 0. The number of carbonyl (C=O) groups excluding carboxylic acids is 1. The van der Waals surface area contributed by atoms with Crippen molar-refractivity contribution >= 4 is 17.3 Å². The number of piperazine rings is 1. The van der Waals surface area contributed by atoms with Gasteiger partial charge in [0.2, 0.25) is 0 Å². The van der Waals surface area contributed by atoms with Crippen molar-refractivity contribution in [2.24, 2.45) is 0 Å². The Morgan fingerprint density at radius 1 is 1.00 bits per heavy atom. The third-order valence-electron chi connectivity index (χ3n) is 6.39. The Morgan fingerprint density at radius 2 is 1.71 bits per heavy atom. The van der Waals surface area contributed by atoms with E-state index in [9.17, 15) is 9.18 Å². The Balaban J connectivity index is 1.26. The number of benzene rings is 3. The van der Waals surface area contributed by atoms with Crippen molar-refractivity contribution in [2.45, 2.75) is 33.2 Å². The molecule has 0 spiro atoms. The summed E-state index contributed by atoms with van der Waals surface area (Å²) in [5, 5.41) is 2.92. The molecule has 1 saturated heterocycles. The lowest BCUT2D eigenvalue weighted by molar-refractivity contribution is -0.118. The number of amides is 1. The maximum absolute atomic E-state index is 13.9. The molecule has 35 heavy (non-hydrogen) atoms. The summed E-state index contributed by atoms with van der Waals surface area (Å²) in [5.74, 6) is 0.759. The van der Waals surface area contributed by atoms with E-state index in [1.54, 1.807) is 6.07 Å². The molecule has 0 unspecified atom stereocenters. The molecule has 0 bridgehead atoms. The van der Waals surface area contributed by atoms with Crippen LogP contribution in [-0.2, 0) is 11.3 Å². The summed E-state index contributed by atoms with van der Waals surface area (Å²) in [5.41, 5.74) is 4.81. The minimum atomic E-state index is -0.185. The normalized spacial score (nSPS) is 14.3. The molecule has 0 saturated carbocycles. The van der Waals surface area contributed by atoms with Gasteiger partial charge in [0, 0.05) is 49.7 Å². The number of hydrogen-bond donors (Lipinski definition) is 1. The van der Waals surface area contributed by atoms with Crippen LogP contribution in [-0.4, -0.2) is 43.6 Å². The highest BCUT2D eigenvalue weighted by Gasteiger charge is 2.18. The van der Waals surface area contributed by atoms with Gasteiger partial charge in [0.15, 0.2) is 6.61 Å². The summed E-state index contributed by atoms with van der Waals surface area (Å²) in [6.45, 7) is 10.4. The van der Waals surface area contributed by atoms with Crippen molar-refractivity contribution in [3.8, 4) is 5.75 Å². The van der Waals surface area contributed by atoms with Crippen LogP contribution in [0.15, 0.2) is 66.7 Å². The molecule has 5 nitrogen and oxygen atoms in total. The third kappa shape index (κ3) is 6.61. The zero-order valence-corrected chi connectivity index (χ0v) is 20.8. The molecule has 1 N–H and O–H groups in total. The minimum Gasteiger partial charge on any atom is -0.483 e. The first-order valence-corrected chi connectivity index (χ1v) is 12.2. The first-order chi connectivity index (χ1) is 16.9. The lowest BCUT2D eigenvalue weighted by Crippen LogP contribution is -2.46. The van der Waals surface area contributed by atoms with Gasteiger partial charge in [-0.1, -0.05) is 44.2 Å². The fourth-order valence-electron chi connectivity index (χ4n) is 4.37. The van der Waals surface area contributed by atoms with Gasteiger partial charge in [0.05, 0.1) is 0 Å². The van der Waals surface area contributed by atoms with Gasteiger partial charge in [-0.05, 0) is 60.4 Å². The smallest absolute Gasteiger partial charge is 0.262 e. The Kier molecular flexibility index (Phi) is 8.03. The molecular formula is C29H34FN3O2. The number of nitrogens with zero attached hydrogens (tertiary/aromatic N) is 2. The second-order valence-electron chi connectivity index (χ2n) is 9.43. The van der Waals surface area contributed by atoms with Crippen LogP contribution in [0.1, 0.15) is 36.5 Å². The number of aryl methyl sites for hydroxylation is 1. The molecule has 1 heterocycles. The highest BCUT2D eigenvalue weighted by molar-refractivity contribution is 5.92. The van der Waals surface area contributed by atoms with Crippen LogP contribution < -0.4 is 15.0 Å². The highest BCUT2D eigenvalue weighted by atomic mass is 19.1. The van der Waals surface area contributed by atoms with Crippen molar-refractivity contribution in [1.29, 1.82) is 0 Å². The monoisotopic (exact) mass is 475 g/mol. The van der Waals surface area contributed by atoms with Crippen LogP contribution in [0.5, 0.6) is 5.75 Å². The number of nitrogens with one attached hydrogen (secondary N) is 1. The van der Waals surface area contributed by atoms with Gasteiger partial charge in [0.25, 0.3) is 5.91 Å². The predicted molar refractivity (Wildman–Crippen MR) is 140 cm³/mol. The number of carbonyl (C=O) groups is 1. The van der Waals surface area contributed by atoms with E-state index < -0.39 is 0 Å². The van der Waals surface area contributed by atoms with Gasteiger partial charge in [-0.2, -0.15) is 0 Å². The average Bonchev–Trinajstić information content (AvgIpc) is 2.85. The number of hydrogen-bond acceptors (Lipinski definition) is 4. The molecule has 0 atom stereocenters. The van der Waals surface area contributed by atoms with Gasteiger partial charge in [-0.15, -0.1) is 0 Å². The molecule has 0 aliphatic carbocycles. The highest BCUT2D eigenvalue weighted by Crippen LogP contribution is 2.27. The maximum atomic E-state index is 13.9. The van der Waals surface area contributed by atoms with Crippen LogP contribution in [0.2, 0.25) is 0 Å². The molecule has 1 aliphatic rings. The van der Waals surface area contributed by atoms with E-state index in [2.05, 4.69) is 41.1 Å². The van der Waals surface area contributed by atoms with E-state index >= 15 is 0 Å². The topological polar surface area (TPSA) is 44.8 Å². The lowest BCUT2D eigenvalue weighted by Gasteiger charge is -2.36. The Hall–Kier alpha value is -3.38. The molecule has 0 aromatic heterocycles. The largest absolute Gasteiger partial charge is 0.483 e. The standard InChI is InChI=1S/C29H34FN3O2/c1-21(2)26-13-8-22(3)18-28(26)35-20-29(34)31-24-9-11-25(12-10-24)33-16-14-32(15-17-33)19-23-6-4-5-7-27(23)30/h4-13,18,21H,14-17,19-20H2,1-3H3,(H,31,34). The van der Waals surface area contributed by atoms with Crippen molar-refractivity contribution in [1.82, 2.24) is 4.90 Å². The Bertz CT molecular complexity index is 1140. The summed E-state index contributed by atoms with van der Waals surface area (Å²) in [6, 6.07) is 21.0. The molecular weight excluding hydrogens is 441 g/mol. The first-order valence-electron chi connectivity index (χ1n) is 12.2. The van der Waals surface area contributed by atoms with E-state index in [1.165, 1.54) is 6.07 Å². The molecule has 0 radical (unpaired) electrons. The molecule has 1 aliphatic heterocycles.